The van der Waals surface area contributed by atoms with E-state index in [1.165, 1.54) is 51.0 Å². The molecule has 0 N–H and O–H groups in total. The van der Waals surface area contributed by atoms with E-state index >= 15 is 0 Å². The largest absolute Gasteiger partial charge is 1.00 e. The van der Waals surface area contributed by atoms with Crippen LogP contribution >= 0.6 is 0 Å². The zero-order valence-electron chi connectivity index (χ0n) is 17.5. The van der Waals surface area contributed by atoms with Gasteiger partial charge in [0.15, 0.2) is 0 Å². The van der Waals surface area contributed by atoms with Crippen LogP contribution in [0.3, 0.4) is 0 Å². The molecule has 1 aromatic rings. The van der Waals surface area contributed by atoms with E-state index in [1.807, 2.05) is 18.2 Å². The van der Waals surface area contributed by atoms with Crippen molar-refractivity contribution in [1.29, 1.82) is 0 Å². The van der Waals surface area contributed by atoms with Crippen LogP contribution in [-0.2, 0) is 26.0 Å². The van der Waals surface area contributed by atoms with Crippen LogP contribution in [0.25, 0.3) is 0 Å². The van der Waals surface area contributed by atoms with Crippen LogP contribution in [0.2, 0.25) is 0 Å². The van der Waals surface area contributed by atoms with Crippen LogP contribution in [0.1, 0.15) is 57.9 Å². The van der Waals surface area contributed by atoms with E-state index in [0.717, 1.165) is 12.2 Å². The Morgan fingerprint density at radius 1 is 0.964 bits per heavy atom. The summed E-state index contributed by atoms with van der Waals surface area (Å²) in [5, 5.41) is 0. The molecule has 0 amide bonds. The van der Waals surface area contributed by atoms with Crippen LogP contribution in [-0.4, -0.2) is 44.8 Å². The van der Waals surface area contributed by atoms with E-state index in [2.05, 4.69) is 13.0 Å². The van der Waals surface area contributed by atoms with E-state index < -0.39 is 15.6 Å². The molecule has 0 saturated carbocycles. The molecule has 0 aliphatic rings. The Hall–Kier alpha value is -0.150. The molecule has 1 atom stereocenters. The van der Waals surface area contributed by atoms with Gasteiger partial charge >= 0.3 is 29.6 Å². The van der Waals surface area contributed by atoms with E-state index in [-0.39, 0.29) is 42.8 Å². The zero-order valence-corrected chi connectivity index (χ0v) is 20.3. The number of ether oxygens (including phenoxy) is 3. The first kappa shape index (κ1) is 27.8. The molecular weight excluding hydrogens is 391 g/mol. The van der Waals surface area contributed by atoms with Crippen molar-refractivity contribution in [3.8, 4) is 5.75 Å². The Labute approximate surface area is 192 Å². The molecule has 0 bridgehead atoms. The number of benzene rings is 1. The maximum absolute atomic E-state index is 10.7. The minimum Gasteiger partial charge on any atom is -0.746 e. The third-order valence-corrected chi connectivity index (χ3v) is 5.19. The number of hydrogen-bond acceptors (Lipinski definition) is 6. The number of hydrogen-bond donors (Lipinski definition) is 0. The second-order valence-corrected chi connectivity index (χ2v) is 8.17. The van der Waals surface area contributed by atoms with Crippen LogP contribution in [0, 0.1) is 0 Å². The van der Waals surface area contributed by atoms with Gasteiger partial charge in [-0.05, 0) is 31.4 Å². The van der Waals surface area contributed by atoms with Crippen molar-refractivity contribution in [3.63, 3.8) is 0 Å². The molecule has 6 nitrogen and oxygen atoms in total. The average molecular weight is 425 g/mol. The molecule has 0 aromatic heterocycles. The summed E-state index contributed by atoms with van der Waals surface area (Å²) in [6, 6.07) is 8.05. The predicted molar refractivity (Wildman–Crippen MR) is 105 cm³/mol. The summed E-state index contributed by atoms with van der Waals surface area (Å²) in [4.78, 5) is 0. The van der Waals surface area contributed by atoms with Crippen molar-refractivity contribution in [2.24, 2.45) is 0 Å². The maximum atomic E-state index is 10.7. The molecule has 0 spiro atoms. The fourth-order valence-corrected chi connectivity index (χ4v) is 2.88. The molecule has 0 saturated heterocycles. The van der Waals surface area contributed by atoms with Gasteiger partial charge in [0.2, 0.25) is 0 Å². The Balaban J connectivity index is 0.00000729. The van der Waals surface area contributed by atoms with Crippen molar-refractivity contribution in [2.75, 3.05) is 26.4 Å². The van der Waals surface area contributed by atoms with Crippen LogP contribution < -0.4 is 34.3 Å². The Kier molecular flexibility index (Phi) is 16.5. The van der Waals surface area contributed by atoms with E-state index in [1.54, 1.807) is 0 Å². The number of rotatable bonds is 16. The van der Waals surface area contributed by atoms with Gasteiger partial charge in [-0.2, -0.15) is 0 Å². The second-order valence-electron chi connectivity index (χ2n) is 6.52. The molecular formula is C20H33NaO6S. The first-order valence-electron chi connectivity index (χ1n) is 9.80. The second kappa shape index (κ2) is 16.6. The molecule has 0 fully saturated rings. The predicted octanol–water partition coefficient (Wildman–Crippen LogP) is 0.897. The van der Waals surface area contributed by atoms with E-state index in [4.69, 9.17) is 14.2 Å². The van der Waals surface area contributed by atoms with E-state index in [9.17, 15) is 13.0 Å². The quantitative estimate of drug-likeness (QED) is 0.223. The third kappa shape index (κ3) is 13.1. The Bertz CT molecular complexity index is 608. The van der Waals surface area contributed by atoms with Crippen molar-refractivity contribution < 1.29 is 56.7 Å². The molecule has 0 radical (unpaired) electrons. The summed E-state index contributed by atoms with van der Waals surface area (Å²) >= 11 is 0. The van der Waals surface area contributed by atoms with Gasteiger partial charge in [0, 0.05) is 0 Å². The Morgan fingerprint density at radius 2 is 1.61 bits per heavy atom. The van der Waals surface area contributed by atoms with Crippen molar-refractivity contribution in [1.82, 2.24) is 0 Å². The monoisotopic (exact) mass is 424 g/mol. The molecule has 1 rings (SSSR count). The summed E-state index contributed by atoms with van der Waals surface area (Å²) in [6.07, 6.45) is 8.61. The first-order valence-corrected chi connectivity index (χ1v) is 11.3. The summed E-state index contributed by atoms with van der Waals surface area (Å²) in [5.74, 6) is 0.886. The Morgan fingerprint density at radius 3 is 2.32 bits per heavy atom. The number of unbranched alkanes of at least 4 members (excludes halogenated alkanes) is 5. The normalized spacial score (nSPS) is 12.4. The minimum atomic E-state index is -4.41. The van der Waals surface area contributed by atoms with Gasteiger partial charge in [0.1, 0.15) is 27.9 Å². The van der Waals surface area contributed by atoms with Crippen molar-refractivity contribution >= 4 is 10.1 Å². The summed E-state index contributed by atoms with van der Waals surface area (Å²) < 4.78 is 48.1. The van der Waals surface area contributed by atoms with Gasteiger partial charge in [0.05, 0.1) is 19.8 Å². The molecule has 0 heterocycles. The minimum absolute atomic E-state index is 0. The topological polar surface area (TPSA) is 84.9 Å². The van der Waals surface area contributed by atoms with Gasteiger partial charge in [-0.1, -0.05) is 57.2 Å². The van der Waals surface area contributed by atoms with Crippen molar-refractivity contribution in [2.45, 2.75) is 64.2 Å². The third-order valence-electron chi connectivity index (χ3n) is 4.24. The van der Waals surface area contributed by atoms with Gasteiger partial charge < -0.3 is 18.8 Å². The van der Waals surface area contributed by atoms with Crippen molar-refractivity contribution in [3.05, 3.63) is 29.8 Å². The molecule has 28 heavy (non-hydrogen) atoms. The zero-order chi connectivity index (χ0) is 20.0. The van der Waals surface area contributed by atoms with Gasteiger partial charge in [-0.15, -0.1) is 0 Å². The SMILES string of the molecule is CCCCCCCCc1ccccc1OCCOCCOC(C)S(=O)(=O)[O-].[Na+]. The van der Waals surface area contributed by atoms with Crippen LogP contribution in [0.15, 0.2) is 24.3 Å². The summed E-state index contributed by atoms with van der Waals surface area (Å²) in [7, 11) is -4.41. The molecule has 0 aliphatic heterocycles. The summed E-state index contributed by atoms with van der Waals surface area (Å²) in [6.45, 7) is 4.48. The fraction of sp³-hybridized carbons (Fsp3) is 0.700. The number of aryl methyl sites for hydroxylation is 1. The number of para-hydroxylation sites is 1. The standard InChI is InChI=1S/C20H34O6S.Na/c1-3-4-5-6-7-8-11-19-12-9-10-13-20(19)26-17-15-24-14-16-25-18(2)27(21,22)23;/h9-10,12-13,18H,3-8,11,14-17H2,1-2H3,(H,21,22,23);/q;+1/p-1. The van der Waals surface area contributed by atoms with Gasteiger partial charge in [-0.25, -0.2) is 8.42 Å². The molecule has 8 heteroatoms. The fourth-order valence-electron chi connectivity index (χ4n) is 2.62. The first-order chi connectivity index (χ1) is 12.9. The average Bonchev–Trinajstić information content (AvgIpc) is 2.63. The molecule has 156 valence electrons. The molecule has 0 aliphatic carbocycles. The molecule has 1 aromatic carbocycles. The smallest absolute Gasteiger partial charge is 0.746 e. The van der Waals surface area contributed by atoms with E-state index in [0.29, 0.717) is 13.2 Å². The van der Waals surface area contributed by atoms with Gasteiger partial charge in [0.25, 0.3) is 0 Å². The van der Waals surface area contributed by atoms with Gasteiger partial charge in [-0.3, -0.25) is 0 Å². The maximum Gasteiger partial charge on any atom is 1.00 e. The molecule has 1 unspecified atom stereocenters. The summed E-state index contributed by atoms with van der Waals surface area (Å²) in [5.41, 5.74) is -0.142. The van der Waals surface area contributed by atoms with Crippen LogP contribution in [0.5, 0.6) is 5.75 Å². The van der Waals surface area contributed by atoms with Crippen LogP contribution in [0.4, 0.5) is 0 Å².